The van der Waals surface area contributed by atoms with E-state index < -0.39 is 0 Å². The van der Waals surface area contributed by atoms with Gasteiger partial charge in [0.1, 0.15) is 0 Å². The highest BCUT2D eigenvalue weighted by Gasteiger charge is 2.12. The maximum atomic E-state index is 4.60. The van der Waals surface area contributed by atoms with Crippen molar-refractivity contribution in [3.05, 3.63) is 24.0 Å². The highest BCUT2D eigenvalue weighted by atomic mass is 15.1. The molecule has 1 atom stereocenters. The van der Waals surface area contributed by atoms with Gasteiger partial charge in [0.25, 0.3) is 0 Å². The Morgan fingerprint density at radius 2 is 1.89 bits per heavy atom. The lowest BCUT2D eigenvalue weighted by Crippen LogP contribution is -2.30. The molecule has 0 bridgehead atoms. The van der Waals surface area contributed by atoms with E-state index in [4.69, 9.17) is 0 Å². The molecule has 1 N–H and O–H groups in total. The van der Waals surface area contributed by atoms with Crippen molar-refractivity contribution in [3.8, 4) is 0 Å². The molecule has 1 aromatic rings. The van der Waals surface area contributed by atoms with Gasteiger partial charge < -0.3 is 10.2 Å². The first-order valence-electron chi connectivity index (χ1n) is 7.56. The summed E-state index contributed by atoms with van der Waals surface area (Å²) in [5.41, 5.74) is 2.33. The Hall–Kier alpha value is -1.09. The maximum Gasteiger partial charge on any atom is 0.0572 e. The van der Waals surface area contributed by atoms with Crippen molar-refractivity contribution in [2.75, 3.05) is 18.5 Å². The Bertz CT molecular complexity index is 344. The summed E-state index contributed by atoms with van der Waals surface area (Å²) >= 11 is 0. The van der Waals surface area contributed by atoms with Crippen molar-refractivity contribution in [1.82, 2.24) is 10.3 Å². The minimum Gasteiger partial charge on any atom is -0.370 e. The molecule has 0 aliphatic carbocycles. The summed E-state index contributed by atoms with van der Waals surface area (Å²) in [5.74, 6) is 0. The van der Waals surface area contributed by atoms with E-state index in [1.165, 1.54) is 18.5 Å². The molecule has 0 aliphatic heterocycles. The molecule has 1 aromatic heterocycles. The van der Waals surface area contributed by atoms with Crippen molar-refractivity contribution in [1.29, 1.82) is 0 Å². The molecule has 0 radical (unpaired) electrons. The summed E-state index contributed by atoms with van der Waals surface area (Å²) in [6.45, 7) is 9.87. The highest BCUT2D eigenvalue weighted by molar-refractivity contribution is 5.45. The average Bonchev–Trinajstić information content (AvgIpc) is 2.46. The molecular formula is C16H29N3. The van der Waals surface area contributed by atoms with Crippen LogP contribution in [-0.2, 0) is 0 Å². The number of aromatic nitrogens is 1. The summed E-state index contributed by atoms with van der Waals surface area (Å²) in [4.78, 5) is 6.93. The lowest BCUT2D eigenvalue weighted by molar-refractivity contribution is 0.557. The molecule has 3 heteroatoms. The molecule has 0 saturated heterocycles. The first-order chi connectivity index (χ1) is 9.13. The number of hydrogen-bond acceptors (Lipinski definition) is 3. The van der Waals surface area contributed by atoms with E-state index in [9.17, 15) is 0 Å². The van der Waals surface area contributed by atoms with Crippen LogP contribution in [0.3, 0.4) is 0 Å². The van der Waals surface area contributed by atoms with Crippen LogP contribution in [0, 0.1) is 0 Å². The Kier molecular flexibility index (Phi) is 6.85. The number of nitrogens with one attached hydrogen (secondary N) is 1. The molecule has 0 saturated carbocycles. The monoisotopic (exact) mass is 263 g/mol. The van der Waals surface area contributed by atoms with E-state index in [1.807, 2.05) is 6.20 Å². The Morgan fingerprint density at radius 3 is 2.37 bits per heavy atom. The van der Waals surface area contributed by atoms with Crippen LogP contribution in [0.2, 0.25) is 0 Å². The van der Waals surface area contributed by atoms with E-state index in [2.05, 4.69) is 62.1 Å². The van der Waals surface area contributed by atoms with Crippen molar-refractivity contribution < 1.29 is 0 Å². The minimum absolute atomic E-state index is 0.326. The zero-order chi connectivity index (χ0) is 14.3. The van der Waals surface area contributed by atoms with Crippen molar-refractivity contribution in [2.45, 2.75) is 59.0 Å². The molecule has 108 valence electrons. The second-order valence-corrected chi connectivity index (χ2v) is 5.20. The van der Waals surface area contributed by atoms with Crippen LogP contribution in [0.25, 0.3) is 0 Å². The summed E-state index contributed by atoms with van der Waals surface area (Å²) in [7, 11) is 2.16. The first-order valence-corrected chi connectivity index (χ1v) is 7.56. The third kappa shape index (κ3) is 4.50. The van der Waals surface area contributed by atoms with Crippen LogP contribution in [-0.4, -0.2) is 24.6 Å². The lowest BCUT2D eigenvalue weighted by Gasteiger charge is -2.28. The van der Waals surface area contributed by atoms with Gasteiger partial charge in [-0.2, -0.15) is 0 Å². The second kappa shape index (κ2) is 8.16. The smallest absolute Gasteiger partial charge is 0.0572 e. The summed E-state index contributed by atoms with van der Waals surface area (Å²) < 4.78 is 0. The predicted octanol–water partition coefficient (Wildman–Crippen LogP) is 3.77. The number of hydrogen-bond donors (Lipinski definition) is 1. The van der Waals surface area contributed by atoms with Gasteiger partial charge in [-0.25, -0.2) is 0 Å². The maximum absolute atomic E-state index is 4.60. The number of rotatable bonds is 8. The number of anilines is 1. The van der Waals surface area contributed by atoms with Crippen molar-refractivity contribution in [2.24, 2.45) is 0 Å². The molecule has 0 aromatic carbocycles. The number of pyridine rings is 1. The third-order valence-corrected chi connectivity index (χ3v) is 3.81. The summed E-state index contributed by atoms with van der Waals surface area (Å²) in [6, 6.07) is 5.25. The highest BCUT2D eigenvalue weighted by Crippen LogP contribution is 2.19. The van der Waals surface area contributed by atoms with Crippen molar-refractivity contribution >= 4 is 5.69 Å². The van der Waals surface area contributed by atoms with Crippen LogP contribution in [0.5, 0.6) is 0 Å². The standard InChI is InChI=1S/C16H29N3/c1-6-11-17-13(4)16-10-9-15(12-18-16)19(5)14(7-2)8-3/h9-10,12-14,17H,6-8,11H2,1-5H3. The van der Waals surface area contributed by atoms with Crippen LogP contribution in [0.15, 0.2) is 18.3 Å². The van der Waals surface area contributed by atoms with Gasteiger partial charge in [-0.1, -0.05) is 20.8 Å². The Morgan fingerprint density at radius 1 is 1.21 bits per heavy atom. The Balaban J connectivity index is 2.70. The van der Waals surface area contributed by atoms with Crippen LogP contribution < -0.4 is 10.2 Å². The summed E-state index contributed by atoms with van der Waals surface area (Å²) in [6.07, 6.45) is 5.49. The largest absolute Gasteiger partial charge is 0.370 e. The van der Waals surface area contributed by atoms with E-state index in [0.29, 0.717) is 12.1 Å². The van der Waals surface area contributed by atoms with E-state index in [1.54, 1.807) is 0 Å². The van der Waals surface area contributed by atoms with Crippen molar-refractivity contribution in [3.63, 3.8) is 0 Å². The fourth-order valence-electron chi connectivity index (χ4n) is 2.37. The minimum atomic E-state index is 0.326. The SMILES string of the molecule is CCCNC(C)c1ccc(N(C)C(CC)CC)cn1. The normalized spacial score (nSPS) is 12.7. The third-order valence-electron chi connectivity index (χ3n) is 3.81. The van der Waals surface area contributed by atoms with Crippen LogP contribution >= 0.6 is 0 Å². The first kappa shape index (κ1) is 16.0. The van der Waals surface area contributed by atoms with Gasteiger partial charge in [0.15, 0.2) is 0 Å². The predicted molar refractivity (Wildman–Crippen MR) is 83.7 cm³/mol. The molecule has 1 heterocycles. The molecule has 1 rings (SSSR count). The molecule has 3 nitrogen and oxygen atoms in total. The molecule has 0 amide bonds. The van der Waals surface area contributed by atoms with Gasteiger partial charge in [0, 0.05) is 19.1 Å². The topological polar surface area (TPSA) is 28.2 Å². The van der Waals surface area contributed by atoms with Gasteiger partial charge in [-0.05, 0) is 44.9 Å². The zero-order valence-electron chi connectivity index (χ0n) is 13.1. The Labute approximate surface area is 118 Å². The molecule has 1 unspecified atom stereocenters. The van der Waals surface area contributed by atoms with Gasteiger partial charge in [0.2, 0.25) is 0 Å². The lowest BCUT2D eigenvalue weighted by atomic mass is 10.1. The quantitative estimate of drug-likeness (QED) is 0.774. The molecular weight excluding hydrogens is 234 g/mol. The van der Waals surface area contributed by atoms with Gasteiger partial charge in [-0.15, -0.1) is 0 Å². The fraction of sp³-hybridized carbons (Fsp3) is 0.688. The second-order valence-electron chi connectivity index (χ2n) is 5.20. The average molecular weight is 263 g/mol. The van der Waals surface area contributed by atoms with Gasteiger partial charge in [0.05, 0.1) is 17.6 Å². The van der Waals surface area contributed by atoms with Crippen LogP contribution in [0.4, 0.5) is 5.69 Å². The zero-order valence-corrected chi connectivity index (χ0v) is 13.1. The molecule has 19 heavy (non-hydrogen) atoms. The molecule has 0 fully saturated rings. The van der Waals surface area contributed by atoms with Gasteiger partial charge >= 0.3 is 0 Å². The van der Waals surface area contributed by atoms with Crippen LogP contribution in [0.1, 0.15) is 58.7 Å². The van der Waals surface area contributed by atoms with E-state index >= 15 is 0 Å². The molecule has 0 spiro atoms. The molecule has 0 aliphatic rings. The number of nitrogens with zero attached hydrogens (tertiary/aromatic N) is 2. The summed E-state index contributed by atoms with van der Waals surface area (Å²) in [5, 5.41) is 3.47. The van der Waals surface area contributed by atoms with E-state index in [0.717, 1.165) is 18.7 Å². The van der Waals surface area contributed by atoms with E-state index in [-0.39, 0.29) is 0 Å². The van der Waals surface area contributed by atoms with Gasteiger partial charge in [-0.3, -0.25) is 4.98 Å². The fourth-order valence-corrected chi connectivity index (χ4v) is 2.37.